The van der Waals surface area contributed by atoms with Gasteiger partial charge in [0.2, 0.25) is 0 Å². The third kappa shape index (κ3) is 2.07. The normalized spacial score (nSPS) is 16.3. The smallest absolute Gasteiger partial charge is 0.0630 e. The predicted molar refractivity (Wildman–Crippen MR) is 63.6 cm³/mol. The van der Waals surface area contributed by atoms with Crippen LogP contribution in [0.25, 0.3) is 0 Å². The first-order valence-corrected chi connectivity index (χ1v) is 5.42. The summed E-state index contributed by atoms with van der Waals surface area (Å²) in [5.41, 5.74) is 3.83. The molecule has 0 saturated heterocycles. The summed E-state index contributed by atoms with van der Waals surface area (Å²) in [4.78, 5) is 2.27. The van der Waals surface area contributed by atoms with E-state index in [1.165, 1.54) is 11.3 Å². The number of nitrogens with one attached hydrogen (secondary N) is 1. The molecular formula is C12H18N2O. The molecule has 0 amide bonds. The fourth-order valence-electron chi connectivity index (χ4n) is 1.99. The number of likely N-dealkylation sites (N-methyl/N-ethyl adjacent to an activating group) is 1. The van der Waals surface area contributed by atoms with Gasteiger partial charge in [-0.1, -0.05) is 0 Å². The highest BCUT2D eigenvalue weighted by Gasteiger charge is 2.15. The first-order valence-electron chi connectivity index (χ1n) is 5.42. The summed E-state index contributed by atoms with van der Waals surface area (Å²) in [5.74, 6) is 0. The minimum absolute atomic E-state index is 0.113. The van der Waals surface area contributed by atoms with Crippen molar-refractivity contribution in [3.63, 3.8) is 0 Å². The van der Waals surface area contributed by atoms with Crippen LogP contribution in [-0.4, -0.2) is 31.3 Å². The number of aliphatic hydroxyl groups excluding tert-OH is 1. The summed E-state index contributed by atoms with van der Waals surface area (Å²) in [5, 5.41) is 12.2. The molecule has 1 atom stereocenters. The number of aliphatic hydroxyl groups is 1. The summed E-state index contributed by atoms with van der Waals surface area (Å²) in [6.07, 6.45) is 1.12. The topological polar surface area (TPSA) is 35.5 Å². The molecule has 0 spiro atoms. The van der Waals surface area contributed by atoms with E-state index in [9.17, 15) is 0 Å². The first-order chi connectivity index (χ1) is 7.20. The van der Waals surface area contributed by atoms with Gasteiger partial charge in [-0.05, 0) is 37.1 Å². The highest BCUT2D eigenvalue weighted by molar-refractivity contribution is 5.63. The molecule has 1 unspecified atom stereocenters. The van der Waals surface area contributed by atoms with Gasteiger partial charge in [-0.2, -0.15) is 0 Å². The maximum absolute atomic E-state index is 8.96. The Morgan fingerprint density at radius 1 is 1.53 bits per heavy atom. The third-order valence-corrected chi connectivity index (χ3v) is 2.89. The van der Waals surface area contributed by atoms with Crippen molar-refractivity contribution in [1.82, 2.24) is 0 Å². The number of fused-ring (bicyclic) bond motifs is 1. The van der Waals surface area contributed by atoms with Crippen molar-refractivity contribution in [3.8, 4) is 0 Å². The molecule has 82 valence electrons. The number of nitrogens with zero attached hydrogens (tertiary/aromatic N) is 1. The molecule has 0 aliphatic carbocycles. The third-order valence-electron chi connectivity index (χ3n) is 2.89. The number of anilines is 2. The van der Waals surface area contributed by atoms with E-state index >= 15 is 0 Å². The van der Waals surface area contributed by atoms with E-state index in [-0.39, 0.29) is 12.6 Å². The van der Waals surface area contributed by atoms with Crippen LogP contribution in [0.1, 0.15) is 12.5 Å². The molecule has 1 aromatic carbocycles. The number of hydrogen-bond acceptors (Lipinski definition) is 3. The van der Waals surface area contributed by atoms with Gasteiger partial charge < -0.3 is 15.3 Å². The van der Waals surface area contributed by atoms with Gasteiger partial charge >= 0.3 is 0 Å². The van der Waals surface area contributed by atoms with Gasteiger partial charge in [0, 0.05) is 31.0 Å². The molecule has 3 heteroatoms. The Bertz CT molecular complexity index is 351. The Kier molecular flexibility index (Phi) is 2.82. The standard InChI is InChI=1S/C12H18N2O/c1-9(8-15)13-11-3-4-12-10(7-11)5-6-14(12)2/h3-4,7,9,13,15H,5-6,8H2,1-2H3. The van der Waals surface area contributed by atoms with Gasteiger partial charge in [0.1, 0.15) is 0 Å². The van der Waals surface area contributed by atoms with E-state index in [0.29, 0.717) is 0 Å². The fraction of sp³-hybridized carbons (Fsp3) is 0.500. The van der Waals surface area contributed by atoms with Gasteiger partial charge in [-0.15, -0.1) is 0 Å². The van der Waals surface area contributed by atoms with Crippen LogP contribution in [0, 0.1) is 0 Å². The zero-order valence-corrected chi connectivity index (χ0v) is 9.33. The van der Waals surface area contributed by atoms with Crippen molar-refractivity contribution in [3.05, 3.63) is 23.8 Å². The van der Waals surface area contributed by atoms with Crippen LogP contribution in [0.5, 0.6) is 0 Å². The van der Waals surface area contributed by atoms with Crippen molar-refractivity contribution in [1.29, 1.82) is 0 Å². The van der Waals surface area contributed by atoms with Gasteiger partial charge in [0.25, 0.3) is 0 Å². The first kappa shape index (κ1) is 10.3. The van der Waals surface area contributed by atoms with Gasteiger partial charge in [-0.25, -0.2) is 0 Å². The van der Waals surface area contributed by atoms with Crippen LogP contribution >= 0.6 is 0 Å². The minimum atomic E-state index is 0.113. The molecule has 15 heavy (non-hydrogen) atoms. The summed E-state index contributed by atoms with van der Waals surface area (Å²) in [6, 6.07) is 6.52. The van der Waals surface area contributed by atoms with Crippen molar-refractivity contribution >= 4 is 11.4 Å². The monoisotopic (exact) mass is 206 g/mol. The van der Waals surface area contributed by atoms with Crippen molar-refractivity contribution in [2.24, 2.45) is 0 Å². The minimum Gasteiger partial charge on any atom is -0.394 e. The maximum atomic E-state index is 8.96. The van der Waals surface area contributed by atoms with E-state index in [0.717, 1.165) is 18.7 Å². The average molecular weight is 206 g/mol. The van der Waals surface area contributed by atoms with Crippen molar-refractivity contribution in [2.75, 3.05) is 30.4 Å². The highest BCUT2D eigenvalue weighted by Crippen LogP contribution is 2.29. The molecule has 3 nitrogen and oxygen atoms in total. The summed E-state index contributed by atoms with van der Waals surface area (Å²) in [7, 11) is 2.12. The average Bonchev–Trinajstić information content (AvgIpc) is 2.60. The second kappa shape index (κ2) is 4.11. The number of hydrogen-bond donors (Lipinski definition) is 2. The van der Waals surface area contributed by atoms with Crippen LogP contribution in [-0.2, 0) is 6.42 Å². The van der Waals surface area contributed by atoms with Gasteiger partial charge in [0.05, 0.1) is 6.61 Å². The summed E-state index contributed by atoms with van der Waals surface area (Å²) >= 11 is 0. The molecule has 0 bridgehead atoms. The lowest BCUT2D eigenvalue weighted by molar-refractivity contribution is 0.281. The molecule has 2 N–H and O–H groups in total. The molecular weight excluding hydrogens is 188 g/mol. The Morgan fingerprint density at radius 2 is 2.33 bits per heavy atom. The Balaban J connectivity index is 2.16. The molecule has 1 aliphatic rings. The number of benzene rings is 1. The molecule has 0 saturated carbocycles. The van der Waals surface area contributed by atoms with E-state index in [1.807, 2.05) is 6.92 Å². The lowest BCUT2D eigenvalue weighted by atomic mass is 10.1. The molecule has 0 fully saturated rings. The Labute approximate surface area is 90.7 Å². The van der Waals surface area contributed by atoms with Crippen LogP contribution < -0.4 is 10.2 Å². The second-order valence-corrected chi connectivity index (χ2v) is 4.24. The molecule has 0 aromatic heterocycles. The SMILES string of the molecule is CC(CO)Nc1ccc2c(c1)CCN2C. The van der Waals surface area contributed by atoms with Crippen molar-refractivity contribution < 1.29 is 5.11 Å². The van der Waals surface area contributed by atoms with Crippen LogP contribution in [0.4, 0.5) is 11.4 Å². The fourth-order valence-corrected chi connectivity index (χ4v) is 1.99. The molecule has 0 radical (unpaired) electrons. The molecule has 1 aliphatic heterocycles. The van der Waals surface area contributed by atoms with E-state index in [1.54, 1.807) is 0 Å². The summed E-state index contributed by atoms with van der Waals surface area (Å²) < 4.78 is 0. The second-order valence-electron chi connectivity index (χ2n) is 4.24. The lowest BCUT2D eigenvalue weighted by Crippen LogP contribution is -2.19. The van der Waals surface area contributed by atoms with Crippen LogP contribution in [0.2, 0.25) is 0 Å². The van der Waals surface area contributed by atoms with E-state index in [2.05, 4.69) is 35.5 Å². The highest BCUT2D eigenvalue weighted by atomic mass is 16.3. The van der Waals surface area contributed by atoms with E-state index in [4.69, 9.17) is 5.11 Å². The number of rotatable bonds is 3. The quantitative estimate of drug-likeness (QED) is 0.786. The summed E-state index contributed by atoms with van der Waals surface area (Å²) in [6.45, 7) is 3.24. The van der Waals surface area contributed by atoms with Gasteiger partial charge in [-0.3, -0.25) is 0 Å². The zero-order chi connectivity index (χ0) is 10.8. The predicted octanol–water partition coefficient (Wildman–Crippen LogP) is 1.47. The maximum Gasteiger partial charge on any atom is 0.0630 e. The van der Waals surface area contributed by atoms with Gasteiger partial charge in [0.15, 0.2) is 0 Å². The molecule has 1 aromatic rings. The van der Waals surface area contributed by atoms with Crippen LogP contribution in [0.3, 0.4) is 0 Å². The Hall–Kier alpha value is -1.22. The van der Waals surface area contributed by atoms with Crippen LogP contribution in [0.15, 0.2) is 18.2 Å². The van der Waals surface area contributed by atoms with Crippen molar-refractivity contribution in [2.45, 2.75) is 19.4 Å². The zero-order valence-electron chi connectivity index (χ0n) is 9.33. The molecule has 2 rings (SSSR count). The van der Waals surface area contributed by atoms with E-state index < -0.39 is 0 Å². The lowest BCUT2D eigenvalue weighted by Gasteiger charge is -2.15. The Morgan fingerprint density at radius 3 is 3.07 bits per heavy atom. The largest absolute Gasteiger partial charge is 0.394 e. The molecule has 1 heterocycles.